The van der Waals surface area contributed by atoms with Crippen molar-refractivity contribution in [2.45, 2.75) is 13.2 Å². The number of nitrogens with zero attached hydrogens (tertiary/aromatic N) is 2. The molecule has 0 bridgehead atoms. The highest BCUT2D eigenvalue weighted by atomic mass is 16.5. The lowest BCUT2D eigenvalue weighted by Crippen LogP contribution is -2.22. The Morgan fingerprint density at radius 2 is 2.11 bits per heavy atom. The van der Waals surface area contributed by atoms with Gasteiger partial charge in [-0.2, -0.15) is 0 Å². The molecule has 96 valence electrons. The number of imidazole rings is 1. The number of hydrogen-bond acceptors (Lipinski definition) is 3. The third kappa shape index (κ3) is 4.31. The monoisotopic (exact) mass is 245 g/mol. The van der Waals surface area contributed by atoms with Crippen LogP contribution in [0.2, 0.25) is 0 Å². The molecule has 1 heterocycles. The predicted molar refractivity (Wildman–Crippen MR) is 71.0 cm³/mol. The molecule has 0 aliphatic heterocycles. The van der Waals surface area contributed by atoms with Crippen molar-refractivity contribution in [1.82, 2.24) is 14.9 Å². The summed E-state index contributed by atoms with van der Waals surface area (Å²) in [4.78, 5) is 9.37. The third-order valence-corrected chi connectivity index (χ3v) is 2.71. The van der Waals surface area contributed by atoms with Crippen molar-refractivity contribution in [3.8, 4) is 0 Å². The zero-order valence-electron chi connectivity index (χ0n) is 10.7. The Morgan fingerprint density at radius 1 is 1.28 bits per heavy atom. The average Bonchev–Trinajstić information content (AvgIpc) is 2.89. The number of aromatic nitrogens is 2. The normalized spacial score (nSPS) is 11.0. The smallest absolute Gasteiger partial charge is 0.132 e. The zero-order valence-corrected chi connectivity index (χ0v) is 10.7. The van der Waals surface area contributed by atoms with E-state index in [9.17, 15) is 0 Å². The van der Waals surface area contributed by atoms with E-state index in [1.54, 1.807) is 12.4 Å². The van der Waals surface area contributed by atoms with E-state index in [4.69, 9.17) is 4.74 Å². The summed E-state index contributed by atoms with van der Waals surface area (Å²) >= 11 is 0. The highest BCUT2D eigenvalue weighted by Gasteiger charge is 2.00. The lowest BCUT2D eigenvalue weighted by atomic mass is 10.2. The highest BCUT2D eigenvalue weighted by molar-refractivity contribution is 5.14. The Bertz CT molecular complexity index is 428. The van der Waals surface area contributed by atoms with Crippen molar-refractivity contribution in [2.24, 2.45) is 0 Å². The lowest BCUT2D eigenvalue weighted by molar-refractivity contribution is 0.0940. The van der Waals surface area contributed by atoms with Crippen molar-refractivity contribution in [3.05, 3.63) is 54.1 Å². The first kappa shape index (κ1) is 12.8. The number of H-pyrrole nitrogens is 1. The van der Waals surface area contributed by atoms with Crippen molar-refractivity contribution in [2.75, 3.05) is 20.2 Å². The van der Waals surface area contributed by atoms with Crippen molar-refractivity contribution < 1.29 is 4.74 Å². The van der Waals surface area contributed by atoms with Crippen molar-refractivity contribution >= 4 is 0 Å². The standard InChI is InChI=1S/C14H19N3O/c1-17(11-13-5-3-2-4-6-13)9-10-18-12-14-15-7-8-16-14/h2-8H,9-12H2,1H3,(H,15,16). The first-order valence-corrected chi connectivity index (χ1v) is 6.13. The van der Waals surface area contributed by atoms with Gasteiger partial charge in [-0.15, -0.1) is 0 Å². The van der Waals surface area contributed by atoms with E-state index in [1.807, 2.05) is 6.07 Å². The minimum absolute atomic E-state index is 0.548. The van der Waals surface area contributed by atoms with Gasteiger partial charge in [0.05, 0.1) is 6.61 Å². The van der Waals surface area contributed by atoms with Crippen LogP contribution in [-0.4, -0.2) is 35.1 Å². The third-order valence-electron chi connectivity index (χ3n) is 2.71. The van der Waals surface area contributed by atoms with Gasteiger partial charge >= 0.3 is 0 Å². The maximum atomic E-state index is 5.55. The molecule has 0 saturated carbocycles. The van der Waals surface area contributed by atoms with E-state index < -0.39 is 0 Å². The van der Waals surface area contributed by atoms with E-state index in [1.165, 1.54) is 5.56 Å². The Labute approximate surface area is 108 Å². The van der Waals surface area contributed by atoms with Crippen LogP contribution in [-0.2, 0) is 17.9 Å². The Kier molecular flexibility index (Phi) is 4.93. The fourth-order valence-corrected chi connectivity index (χ4v) is 1.74. The van der Waals surface area contributed by atoms with Crippen LogP contribution in [0, 0.1) is 0 Å². The molecule has 0 aliphatic carbocycles. The van der Waals surface area contributed by atoms with Crippen LogP contribution >= 0.6 is 0 Å². The van der Waals surface area contributed by atoms with Gasteiger partial charge in [0.25, 0.3) is 0 Å². The van der Waals surface area contributed by atoms with Gasteiger partial charge in [0.15, 0.2) is 0 Å². The zero-order chi connectivity index (χ0) is 12.6. The van der Waals surface area contributed by atoms with Gasteiger partial charge in [0.1, 0.15) is 12.4 Å². The predicted octanol–water partition coefficient (Wildman–Crippen LogP) is 2.06. The molecule has 0 radical (unpaired) electrons. The molecule has 1 N–H and O–H groups in total. The molecule has 0 spiro atoms. The first-order chi connectivity index (χ1) is 8.84. The van der Waals surface area contributed by atoms with Gasteiger partial charge in [-0.3, -0.25) is 4.90 Å². The summed E-state index contributed by atoms with van der Waals surface area (Å²) in [7, 11) is 2.10. The SMILES string of the molecule is CN(CCOCc1ncc[nH]1)Cc1ccccc1. The topological polar surface area (TPSA) is 41.1 Å². The van der Waals surface area contributed by atoms with Crippen LogP contribution in [0.15, 0.2) is 42.7 Å². The Morgan fingerprint density at radius 3 is 2.83 bits per heavy atom. The summed E-state index contributed by atoms with van der Waals surface area (Å²) in [6.45, 7) is 3.12. The number of hydrogen-bond donors (Lipinski definition) is 1. The van der Waals surface area contributed by atoms with E-state index in [2.05, 4.69) is 46.2 Å². The number of likely N-dealkylation sites (N-methyl/N-ethyl adjacent to an activating group) is 1. The van der Waals surface area contributed by atoms with E-state index in [0.29, 0.717) is 13.2 Å². The van der Waals surface area contributed by atoms with Crippen LogP contribution in [0.25, 0.3) is 0 Å². The van der Waals surface area contributed by atoms with E-state index in [-0.39, 0.29) is 0 Å². The minimum Gasteiger partial charge on any atom is -0.372 e. The van der Waals surface area contributed by atoms with Crippen molar-refractivity contribution in [1.29, 1.82) is 0 Å². The van der Waals surface area contributed by atoms with Gasteiger partial charge < -0.3 is 9.72 Å². The summed E-state index contributed by atoms with van der Waals surface area (Å²) in [5.41, 5.74) is 1.33. The Balaban J connectivity index is 1.62. The van der Waals surface area contributed by atoms with Gasteiger partial charge in [-0.25, -0.2) is 4.98 Å². The molecule has 2 aromatic rings. The summed E-state index contributed by atoms with van der Waals surface area (Å²) in [6.07, 6.45) is 3.54. The fourth-order valence-electron chi connectivity index (χ4n) is 1.74. The van der Waals surface area contributed by atoms with Crippen LogP contribution in [0.5, 0.6) is 0 Å². The van der Waals surface area contributed by atoms with Gasteiger partial charge in [0.2, 0.25) is 0 Å². The lowest BCUT2D eigenvalue weighted by Gasteiger charge is -2.16. The average molecular weight is 245 g/mol. The molecule has 0 fully saturated rings. The molecule has 0 aliphatic rings. The maximum absolute atomic E-state index is 5.55. The van der Waals surface area contributed by atoms with Crippen molar-refractivity contribution in [3.63, 3.8) is 0 Å². The summed E-state index contributed by atoms with van der Waals surface area (Å²) in [5.74, 6) is 0.876. The molecule has 0 saturated heterocycles. The molecule has 2 rings (SSSR count). The molecule has 18 heavy (non-hydrogen) atoms. The van der Waals surface area contributed by atoms with Crippen LogP contribution in [0.4, 0.5) is 0 Å². The second kappa shape index (κ2) is 6.93. The highest BCUT2D eigenvalue weighted by Crippen LogP contribution is 2.02. The summed E-state index contributed by atoms with van der Waals surface area (Å²) in [6, 6.07) is 10.4. The van der Waals surface area contributed by atoms with Crippen LogP contribution in [0.1, 0.15) is 11.4 Å². The fraction of sp³-hybridized carbons (Fsp3) is 0.357. The summed E-state index contributed by atoms with van der Waals surface area (Å²) in [5, 5.41) is 0. The van der Waals surface area contributed by atoms with E-state index >= 15 is 0 Å². The number of ether oxygens (including phenoxy) is 1. The largest absolute Gasteiger partial charge is 0.372 e. The molecule has 1 aromatic carbocycles. The molecular weight excluding hydrogens is 226 g/mol. The molecule has 0 amide bonds. The molecule has 4 heteroatoms. The number of benzene rings is 1. The van der Waals surface area contributed by atoms with Gasteiger partial charge in [-0.05, 0) is 12.6 Å². The molecule has 4 nitrogen and oxygen atoms in total. The number of nitrogens with one attached hydrogen (secondary N) is 1. The Hall–Kier alpha value is -1.65. The second-order valence-corrected chi connectivity index (χ2v) is 4.31. The molecule has 0 unspecified atom stereocenters. The van der Waals surface area contributed by atoms with Crippen LogP contribution < -0.4 is 0 Å². The first-order valence-electron chi connectivity index (χ1n) is 6.13. The van der Waals surface area contributed by atoms with Gasteiger partial charge in [0, 0.05) is 25.5 Å². The molecular formula is C14H19N3O. The quantitative estimate of drug-likeness (QED) is 0.759. The maximum Gasteiger partial charge on any atom is 0.132 e. The van der Waals surface area contributed by atoms with E-state index in [0.717, 1.165) is 18.9 Å². The van der Waals surface area contributed by atoms with Gasteiger partial charge in [-0.1, -0.05) is 30.3 Å². The summed E-state index contributed by atoms with van der Waals surface area (Å²) < 4.78 is 5.55. The number of rotatable bonds is 7. The number of aromatic amines is 1. The molecule has 1 aromatic heterocycles. The molecule has 0 atom stereocenters. The second-order valence-electron chi connectivity index (χ2n) is 4.31. The van der Waals surface area contributed by atoms with Crippen LogP contribution in [0.3, 0.4) is 0 Å². The minimum atomic E-state index is 0.548.